The molecule has 0 saturated heterocycles. The molecule has 0 aliphatic heterocycles. The highest BCUT2D eigenvalue weighted by Crippen LogP contribution is 2.22. The molecule has 0 bridgehead atoms. The van der Waals surface area contributed by atoms with Crippen molar-refractivity contribution >= 4 is 17.3 Å². The van der Waals surface area contributed by atoms with Crippen LogP contribution >= 0.6 is 0 Å². The van der Waals surface area contributed by atoms with Crippen LogP contribution in [0.1, 0.15) is 38.1 Å². The lowest BCUT2D eigenvalue weighted by molar-refractivity contribution is 0.0956. The van der Waals surface area contributed by atoms with Crippen molar-refractivity contribution in [3.05, 3.63) is 23.8 Å². The van der Waals surface area contributed by atoms with Crippen LogP contribution in [0, 0.1) is 5.92 Å². The van der Waals surface area contributed by atoms with Crippen LogP contribution in [-0.4, -0.2) is 18.5 Å². The fourth-order valence-corrected chi connectivity index (χ4v) is 1.50. The minimum absolute atomic E-state index is 0.0715. The average Bonchev–Trinajstić information content (AvgIpc) is 2.31. The van der Waals surface area contributed by atoms with Crippen molar-refractivity contribution in [2.24, 2.45) is 5.92 Å². The molecule has 1 amide bonds. The molecule has 4 nitrogen and oxygen atoms in total. The predicted octanol–water partition coefficient (Wildman–Crippen LogP) is 2.47. The van der Waals surface area contributed by atoms with Gasteiger partial charge < -0.3 is 16.4 Å². The van der Waals surface area contributed by atoms with Crippen molar-refractivity contribution < 1.29 is 4.79 Å². The highest BCUT2D eigenvalue weighted by atomic mass is 16.1. The molecule has 0 aromatic heterocycles. The Kier molecular flexibility index (Phi) is 5.01. The molecule has 1 aromatic rings. The van der Waals surface area contributed by atoms with Crippen molar-refractivity contribution in [1.82, 2.24) is 5.32 Å². The highest BCUT2D eigenvalue weighted by Gasteiger charge is 2.11. The van der Waals surface area contributed by atoms with E-state index in [1.165, 1.54) is 0 Å². The number of anilines is 2. The van der Waals surface area contributed by atoms with E-state index in [-0.39, 0.29) is 5.91 Å². The Morgan fingerprint density at radius 1 is 1.33 bits per heavy atom. The fraction of sp³-hybridized carbons (Fsp3) is 0.500. The number of nitrogen functional groups attached to an aromatic ring is 1. The first-order valence-corrected chi connectivity index (χ1v) is 6.40. The topological polar surface area (TPSA) is 67.2 Å². The number of rotatable bonds is 5. The van der Waals surface area contributed by atoms with Crippen LogP contribution in [0.15, 0.2) is 18.2 Å². The first-order valence-electron chi connectivity index (χ1n) is 6.40. The van der Waals surface area contributed by atoms with Crippen molar-refractivity contribution in [1.29, 1.82) is 0 Å². The largest absolute Gasteiger partial charge is 0.397 e. The molecule has 0 aliphatic carbocycles. The maximum absolute atomic E-state index is 11.7. The van der Waals surface area contributed by atoms with Gasteiger partial charge in [0.1, 0.15) is 0 Å². The molecule has 0 heterocycles. The molecular weight excluding hydrogens is 226 g/mol. The summed E-state index contributed by atoms with van der Waals surface area (Å²) in [5, 5.41) is 6.12. The van der Waals surface area contributed by atoms with Gasteiger partial charge in [0.05, 0.1) is 11.4 Å². The molecule has 0 aliphatic rings. The van der Waals surface area contributed by atoms with Gasteiger partial charge in [-0.05, 0) is 38.0 Å². The number of carbonyl (C=O) groups is 1. The number of carbonyl (C=O) groups excluding carboxylic acids is 1. The summed E-state index contributed by atoms with van der Waals surface area (Å²) in [7, 11) is 0. The van der Waals surface area contributed by atoms with Gasteiger partial charge in [0, 0.05) is 18.2 Å². The van der Waals surface area contributed by atoms with Crippen LogP contribution < -0.4 is 16.4 Å². The third-order valence-electron chi connectivity index (χ3n) is 3.04. The standard InChI is InChI=1S/C14H23N3O/c1-5-16-14(18)11-6-7-12(15)13(8-11)17-10(4)9(2)3/h6-10,17H,5,15H2,1-4H3,(H,16,18). The molecule has 0 spiro atoms. The third-order valence-corrected chi connectivity index (χ3v) is 3.04. The Morgan fingerprint density at radius 2 is 2.00 bits per heavy atom. The summed E-state index contributed by atoms with van der Waals surface area (Å²) in [6.07, 6.45) is 0. The summed E-state index contributed by atoms with van der Waals surface area (Å²) in [6.45, 7) is 8.90. The summed E-state index contributed by atoms with van der Waals surface area (Å²) in [6, 6.07) is 5.61. The van der Waals surface area contributed by atoms with Crippen LogP contribution in [0.2, 0.25) is 0 Å². The molecule has 100 valence electrons. The minimum atomic E-state index is -0.0715. The molecule has 4 heteroatoms. The molecular formula is C14H23N3O. The Morgan fingerprint density at radius 3 is 2.56 bits per heavy atom. The summed E-state index contributed by atoms with van der Waals surface area (Å²) in [4.78, 5) is 11.7. The molecule has 1 aromatic carbocycles. The zero-order chi connectivity index (χ0) is 13.7. The van der Waals surface area contributed by atoms with E-state index in [0.29, 0.717) is 29.8 Å². The maximum Gasteiger partial charge on any atom is 0.251 e. The molecule has 18 heavy (non-hydrogen) atoms. The molecule has 0 radical (unpaired) electrons. The van der Waals surface area contributed by atoms with Gasteiger partial charge in [-0.15, -0.1) is 0 Å². The van der Waals surface area contributed by atoms with Gasteiger partial charge >= 0.3 is 0 Å². The Bertz CT molecular complexity index is 416. The summed E-state index contributed by atoms with van der Waals surface area (Å²) in [5.74, 6) is 0.426. The zero-order valence-electron chi connectivity index (χ0n) is 11.6. The second-order valence-corrected chi connectivity index (χ2v) is 4.84. The Balaban J connectivity index is 2.91. The van der Waals surface area contributed by atoms with Gasteiger partial charge in [0.25, 0.3) is 5.91 Å². The van der Waals surface area contributed by atoms with E-state index in [1.54, 1.807) is 18.2 Å². The molecule has 0 saturated carbocycles. The van der Waals surface area contributed by atoms with Crippen molar-refractivity contribution in [2.45, 2.75) is 33.7 Å². The van der Waals surface area contributed by atoms with E-state index in [0.717, 1.165) is 5.69 Å². The lowest BCUT2D eigenvalue weighted by Crippen LogP contribution is -2.24. The first kappa shape index (κ1) is 14.4. The smallest absolute Gasteiger partial charge is 0.251 e. The van der Waals surface area contributed by atoms with Crippen molar-refractivity contribution in [3.8, 4) is 0 Å². The monoisotopic (exact) mass is 249 g/mol. The first-order chi connectivity index (χ1) is 8.45. The Labute approximate surface area is 109 Å². The van der Waals surface area contributed by atoms with Gasteiger partial charge in [-0.2, -0.15) is 0 Å². The second kappa shape index (κ2) is 6.28. The van der Waals surface area contributed by atoms with E-state index in [4.69, 9.17) is 5.73 Å². The average molecular weight is 249 g/mol. The van der Waals surface area contributed by atoms with Gasteiger partial charge in [-0.3, -0.25) is 4.79 Å². The highest BCUT2D eigenvalue weighted by molar-refractivity contribution is 5.96. The molecule has 0 fully saturated rings. The summed E-state index contributed by atoms with van der Waals surface area (Å²) in [5.41, 5.74) is 8.03. The van der Waals surface area contributed by atoms with E-state index in [9.17, 15) is 4.79 Å². The van der Waals surface area contributed by atoms with Gasteiger partial charge in [-0.1, -0.05) is 13.8 Å². The van der Waals surface area contributed by atoms with Gasteiger partial charge in [0.15, 0.2) is 0 Å². The SMILES string of the molecule is CCNC(=O)c1ccc(N)c(NC(C)C(C)C)c1. The van der Waals surface area contributed by atoms with Crippen LogP contribution in [0.4, 0.5) is 11.4 Å². The molecule has 1 rings (SSSR count). The molecule has 4 N–H and O–H groups in total. The number of hydrogen-bond acceptors (Lipinski definition) is 3. The van der Waals surface area contributed by atoms with E-state index >= 15 is 0 Å². The van der Waals surface area contributed by atoms with Gasteiger partial charge in [-0.25, -0.2) is 0 Å². The van der Waals surface area contributed by atoms with Crippen molar-refractivity contribution in [2.75, 3.05) is 17.6 Å². The van der Waals surface area contributed by atoms with E-state index in [1.807, 2.05) is 6.92 Å². The lowest BCUT2D eigenvalue weighted by atomic mass is 10.1. The second-order valence-electron chi connectivity index (χ2n) is 4.84. The predicted molar refractivity (Wildman–Crippen MR) is 76.8 cm³/mol. The van der Waals surface area contributed by atoms with Crippen LogP contribution in [0.25, 0.3) is 0 Å². The maximum atomic E-state index is 11.7. The number of benzene rings is 1. The van der Waals surface area contributed by atoms with E-state index in [2.05, 4.69) is 31.4 Å². The van der Waals surface area contributed by atoms with Crippen LogP contribution in [-0.2, 0) is 0 Å². The number of hydrogen-bond donors (Lipinski definition) is 3. The van der Waals surface area contributed by atoms with Crippen LogP contribution in [0.5, 0.6) is 0 Å². The number of amides is 1. The van der Waals surface area contributed by atoms with Crippen LogP contribution in [0.3, 0.4) is 0 Å². The van der Waals surface area contributed by atoms with E-state index < -0.39 is 0 Å². The quantitative estimate of drug-likeness (QED) is 0.702. The van der Waals surface area contributed by atoms with Gasteiger partial charge in [0.2, 0.25) is 0 Å². The minimum Gasteiger partial charge on any atom is -0.397 e. The number of nitrogens with two attached hydrogens (primary N) is 1. The number of nitrogens with one attached hydrogen (secondary N) is 2. The summed E-state index contributed by atoms with van der Waals surface area (Å²) >= 11 is 0. The summed E-state index contributed by atoms with van der Waals surface area (Å²) < 4.78 is 0. The zero-order valence-corrected chi connectivity index (χ0v) is 11.6. The fourth-order valence-electron chi connectivity index (χ4n) is 1.50. The lowest BCUT2D eigenvalue weighted by Gasteiger charge is -2.20. The molecule has 1 unspecified atom stereocenters. The van der Waals surface area contributed by atoms with Crippen molar-refractivity contribution in [3.63, 3.8) is 0 Å². The molecule has 1 atom stereocenters. The Hall–Kier alpha value is -1.71. The third kappa shape index (κ3) is 3.65. The normalized spacial score (nSPS) is 12.3.